The molecule has 2 aliphatic rings. The number of nitrogens with zero attached hydrogens (tertiary/aromatic N) is 2. The van der Waals surface area contributed by atoms with Crippen LogP contribution >= 0.6 is 0 Å². The Morgan fingerprint density at radius 2 is 1.70 bits per heavy atom. The minimum absolute atomic E-state index is 0.174. The number of nitrogens with one attached hydrogen (secondary N) is 1. The first-order valence-electron chi connectivity index (χ1n) is 10.4. The van der Waals surface area contributed by atoms with Gasteiger partial charge in [-0.15, -0.1) is 0 Å². The van der Waals surface area contributed by atoms with Gasteiger partial charge in [-0.05, 0) is 68.3 Å². The number of hydrogen-bond donors (Lipinski definition) is 1. The molecule has 2 aliphatic heterocycles. The average molecular weight is 411 g/mol. The van der Waals surface area contributed by atoms with Crippen LogP contribution in [0.5, 0.6) is 5.75 Å². The molecule has 2 amide bonds. The number of rotatable bonds is 6. The third kappa shape index (κ3) is 4.31. The van der Waals surface area contributed by atoms with Gasteiger partial charge in [0.05, 0.1) is 24.8 Å². The van der Waals surface area contributed by atoms with Crippen LogP contribution in [-0.2, 0) is 9.59 Å². The molecule has 158 valence electrons. The van der Waals surface area contributed by atoms with Crippen molar-refractivity contribution >= 4 is 23.2 Å². The van der Waals surface area contributed by atoms with Crippen molar-refractivity contribution in [2.24, 2.45) is 0 Å². The summed E-state index contributed by atoms with van der Waals surface area (Å²) in [4.78, 5) is 28.7. The number of hydrogen-bond acceptors (Lipinski definition) is 5. The molecule has 30 heavy (non-hydrogen) atoms. The second-order valence-corrected chi connectivity index (χ2v) is 7.68. The first-order chi connectivity index (χ1) is 14.5. The lowest BCUT2D eigenvalue weighted by atomic mass is 10.0. The van der Waals surface area contributed by atoms with Crippen LogP contribution in [0.2, 0.25) is 0 Å². The SMILES string of the molecule is CCOc1ccc(NC2CCN([C@@H]3CC(=O)N(c4ccc(F)cc4)C3=O)CC2)cc1. The fourth-order valence-corrected chi connectivity index (χ4v) is 4.17. The number of ether oxygens (including phenoxy) is 1. The Hall–Kier alpha value is -2.93. The molecule has 2 saturated heterocycles. The quantitative estimate of drug-likeness (QED) is 0.738. The van der Waals surface area contributed by atoms with E-state index in [0.717, 1.165) is 37.4 Å². The van der Waals surface area contributed by atoms with Crippen LogP contribution in [0.15, 0.2) is 48.5 Å². The highest BCUT2D eigenvalue weighted by Gasteiger charge is 2.43. The molecule has 0 bridgehead atoms. The van der Waals surface area contributed by atoms with Crippen molar-refractivity contribution in [1.82, 2.24) is 4.90 Å². The van der Waals surface area contributed by atoms with Crippen LogP contribution in [0, 0.1) is 5.82 Å². The zero-order chi connectivity index (χ0) is 21.1. The Morgan fingerprint density at radius 3 is 2.33 bits per heavy atom. The normalized spacial score (nSPS) is 20.6. The smallest absolute Gasteiger partial charge is 0.251 e. The van der Waals surface area contributed by atoms with Gasteiger partial charge in [-0.25, -0.2) is 9.29 Å². The van der Waals surface area contributed by atoms with E-state index in [9.17, 15) is 14.0 Å². The van der Waals surface area contributed by atoms with Crippen molar-refractivity contribution < 1.29 is 18.7 Å². The number of piperidine rings is 1. The average Bonchev–Trinajstić information content (AvgIpc) is 3.05. The monoisotopic (exact) mass is 411 g/mol. The lowest BCUT2D eigenvalue weighted by Crippen LogP contribution is -2.48. The molecular formula is C23H26FN3O3. The van der Waals surface area contributed by atoms with Crippen LogP contribution in [0.1, 0.15) is 26.2 Å². The van der Waals surface area contributed by atoms with E-state index in [2.05, 4.69) is 10.2 Å². The number of benzene rings is 2. The molecule has 0 unspecified atom stereocenters. The summed E-state index contributed by atoms with van der Waals surface area (Å²) in [6.45, 7) is 4.10. The molecule has 7 heteroatoms. The van der Waals surface area contributed by atoms with E-state index in [1.54, 1.807) is 0 Å². The summed E-state index contributed by atoms with van der Waals surface area (Å²) in [5.41, 5.74) is 1.48. The highest BCUT2D eigenvalue weighted by Crippen LogP contribution is 2.28. The maximum atomic E-state index is 13.2. The van der Waals surface area contributed by atoms with Gasteiger partial charge in [0.2, 0.25) is 5.91 Å². The number of carbonyl (C=O) groups is 2. The van der Waals surface area contributed by atoms with Crippen LogP contribution < -0.4 is 15.0 Å². The highest BCUT2D eigenvalue weighted by molar-refractivity contribution is 6.22. The van der Waals surface area contributed by atoms with Gasteiger partial charge in [0.15, 0.2) is 0 Å². The summed E-state index contributed by atoms with van der Waals surface area (Å²) >= 11 is 0. The van der Waals surface area contributed by atoms with E-state index in [-0.39, 0.29) is 18.2 Å². The maximum Gasteiger partial charge on any atom is 0.251 e. The lowest BCUT2D eigenvalue weighted by molar-refractivity contribution is -0.123. The zero-order valence-corrected chi connectivity index (χ0v) is 17.0. The number of likely N-dealkylation sites (tertiary alicyclic amines) is 1. The topological polar surface area (TPSA) is 61.9 Å². The first kappa shape index (κ1) is 20.3. The molecule has 1 N–H and O–H groups in total. The van der Waals surface area contributed by atoms with Crippen molar-refractivity contribution in [3.63, 3.8) is 0 Å². The summed E-state index contributed by atoms with van der Waals surface area (Å²) in [5.74, 6) is 0.0141. The van der Waals surface area contributed by atoms with Gasteiger partial charge in [-0.2, -0.15) is 0 Å². The molecule has 2 fully saturated rings. The van der Waals surface area contributed by atoms with Crippen LogP contribution in [0.25, 0.3) is 0 Å². The Morgan fingerprint density at radius 1 is 1.03 bits per heavy atom. The van der Waals surface area contributed by atoms with E-state index >= 15 is 0 Å². The van der Waals surface area contributed by atoms with E-state index < -0.39 is 11.9 Å². The fourth-order valence-electron chi connectivity index (χ4n) is 4.17. The Labute approximate surface area is 175 Å². The third-order valence-electron chi connectivity index (χ3n) is 5.71. The van der Waals surface area contributed by atoms with Gasteiger partial charge in [-0.3, -0.25) is 14.5 Å². The van der Waals surface area contributed by atoms with E-state index in [1.165, 1.54) is 29.2 Å². The summed E-state index contributed by atoms with van der Waals surface area (Å²) < 4.78 is 18.6. The number of halogens is 1. The molecule has 2 heterocycles. The van der Waals surface area contributed by atoms with Crippen molar-refractivity contribution in [3.05, 3.63) is 54.3 Å². The summed E-state index contributed by atoms with van der Waals surface area (Å²) in [5, 5.41) is 3.54. The van der Waals surface area contributed by atoms with Crippen LogP contribution in [0.3, 0.4) is 0 Å². The minimum atomic E-state index is -0.436. The minimum Gasteiger partial charge on any atom is -0.494 e. The molecule has 0 radical (unpaired) electrons. The standard InChI is InChI=1S/C23H26FN3O3/c1-2-30-20-9-5-17(6-10-20)25-18-11-13-26(14-12-18)21-15-22(28)27(23(21)29)19-7-3-16(24)4-8-19/h3-10,18,21,25H,2,11-15H2,1H3/t21-/m1/s1. The van der Waals surface area contributed by atoms with Gasteiger partial charge in [0, 0.05) is 24.8 Å². The van der Waals surface area contributed by atoms with E-state index in [1.807, 2.05) is 31.2 Å². The summed E-state index contributed by atoms with van der Waals surface area (Å²) in [6.07, 6.45) is 1.96. The predicted octanol–water partition coefficient (Wildman–Crippen LogP) is 3.43. The van der Waals surface area contributed by atoms with Gasteiger partial charge in [0.25, 0.3) is 5.91 Å². The first-order valence-corrected chi connectivity index (χ1v) is 10.4. The third-order valence-corrected chi connectivity index (χ3v) is 5.71. The number of anilines is 2. The Bertz CT molecular complexity index is 893. The molecule has 6 nitrogen and oxygen atoms in total. The molecular weight excluding hydrogens is 385 g/mol. The maximum absolute atomic E-state index is 13.2. The van der Waals surface area contributed by atoms with Crippen molar-refractivity contribution in [2.75, 3.05) is 29.9 Å². The van der Waals surface area contributed by atoms with Crippen LogP contribution in [-0.4, -0.2) is 48.5 Å². The number of amides is 2. The molecule has 4 rings (SSSR count). The Balaban J connectivity index is 1.33. The summed E-state index contributed by atoms with van der Waals surface area (Å²) in [6, 6.07) is 13.3. The van der Waals surface area contributed by atoms with Crippen molar-refractivity contribution in [1.29, 1.82) is 0 Å². The summed E-state index contributed by atoms with van der Waals surface area (Å²) in [7, 11) is 0. The zero-order valence-electron chi connectivity index (χ0n) is 17.0. The van der Waals surface area contributed by atoms with Gasteiger partial charge >= 0.3 is 0 Å². The van der Waals surface area contributed by atoms with Gasteiger partial charge < -0.3 is 10.1 Å². The highest BCUT2D eigenvalue weighted by atomic mass is 19.1. The van der Waals surface area contributed by atoms with Crippen molar-refractivity contribution in [3.8, 4) is 5.75 Å². The Kier molecular flexibility index (Phi) is 5.99. The van der Waals surface area contributed by atoms with Crippen molar-refractivity contribution in [2.45, 2.75) is 38.3 Å². The van der Waals surface area contributed by atoms with E-state index in [0.29, 0.717) is 18.3 Å². The van der Waals surface area contributed by atoms with Gasteiger partial charge in [0.1, 0.15) is 11.6 Å². The van der Waals surface area contributed by atoms with E-state index in [4.69, 9.17) is 4.74 Å². The lowest BCUT2D eigenvalue weighted by Gasteiger charge is -2.35. The molecule has 0 aliphatic carbocycles. The second-order valence-electron chi connectivity index (χ2n) is 7.68. The molecule has 2 aromatic rings. The number of imide groups is 1. The fraction of sp³-hybridized carbons (Fsp3) is 0.391. The molecule has 1 atom stereocenters. The molecule has 0 aromatic heterocycles. The number of carbonyl (C=O) groups excluding carboxylic acids is 2. The molecule has 0 spiro atoms. The molecule has 0 saturated carbocycles. The predicted molar refractivity (Wildman–Crippen MR) is 113 cm³/mol. The van der Waals surface area contributed by atoms with Gasteiger partial charge in [-0.1, -0.05) is 0 Å². The molecule has 2 aromatic carbocycles. The largest absolute Gasteiger partial charge is 0.494 e. The van der Waals surface area contributed by atoms with Crippen LogP contribution in [0.4, 0.5) is 15.8 Å². The second kappa shape index (κ2) is 8.83.